The summed E-state index contributed by atoms with van der Waals surface area (Å²) in [5.41, 5.74) is 6.70. The van der Waals surface area contributed by atoms with E-state index in [1.54, 1.807) is 6.92 Å². The van der Waals surface area contributed by atoms with Crippen LogP contribution in [-0.2, 0) is 10.0 Å². The molecule has 0 spiro atoms. The molecule has 3 N–H and O–H groups in total. The molecule has 0 saturated carbocycles. The summed E-state index contributed by atoms with van der Waals surface area (Å²) in [6.45, 7) is 1.68. The van der Waals surface area contributed by atoms with Crippen LogP contribution in [0.5, 0.6) is 5.75 Å². The molecule has 0 saturated heterocycles. The molecule has 2 rings (SSSR count). The summed E-state index contributed by atoms with van der Waals surface area (Å²) in [7, 11) is -2.41. The lowest BCUT2D eigenvalue weighted by molar-refractivity contribution is 0.416. The molecule has 0 atom stereocenters. The number of nitrogen functional groups attached to an aromatic ring is 1. The van der Waals surface area contributed by atoms with Gasteiger partial charge in [-0.25, -0.2) is 12.8 Å². The maximum atomic E-state index is 13.2. The van der Waals surface area contributed by atoms with Gasteiger partial charge in [0.25, 0.3) is 10.0 Å². The van der Waals surface area contributed by atoms with Crippen LogP contribution < -0.4 is 15.2 Å². The monoisotopic (exact) mass is 310 g/mol. The van der Waals surface area contributed by atoms with E-state index in [9.17, 15) is 12.8 Å². The number of rotatable bonds is 4. The van der Waals surface area contributed by atoms with Crippen LogP contribution in [0.2, 0.25) is 0 Å². The van der Waals surface area contributed by atoms with Gasteiger partial charge in [0.1, 0.15) is 11.6 Å². The summed E-state index contributed by atoms with van der Waals surface area (Å²) in [6.07, 6.45) is 0. The van der Waals surface area contributed by atoms with Crippen LogP contribution >= 0.6 is 0 Å². The van der Waals surface area contributed by atoms with Gasteiger partial charge in [-0.1, -0.05) is 6.07 Å². The molecule has 0 unspecified atom stereocenters. The Morgan fingerprint density at radius 2 is 1.90 bits per heavy atom. The van der Waals surface area contributed by atoms with Gasteiger partial charge >= 0.3 is 0 Å². The number of ether oxygens (including phenoxy) is 1. The highest BCUT2D eigenvalue weighted by molar-refractivity contribution is 7.92. The standard InChI is InChI=1S/C14H15FN2O3S/c1-9-3-4-10(15)7-13(9)17-21(18,19)11-5-6-14(20-2)12(16)8-11/h3-8,17H,16H2,1-2H3. The van der Waals surface area contributed by atoms with E-state index in [4.69, 9.17) is 10.5 Å². The fourth-order valence-corrected chi connectivity index (χ4v) is 2.94. The second-order valence-electron chi connectivity index (χ2n) is 4.47. The molecule has 0 aliphatic rings. The lowest BCUT2D eigenvalue weighted by Crippen LogP contribution is -2.14. The van der Waals surface area contributed by atoms with Crippen LogP contribution in [0.15, 0.2) is 41.3 Å². The van der Waals surface area contributed by atoms with Crippen molar-refractivity contribution in [2.24, 2.45) is 0 Å². The van der Waals surface area contributed by atoms with Crippen molar-refractivity contribution < 1.29 is 17.5 Å². The Morgan fingerprint density at radius 1 is 1.19 bits per heavy atom. The average molecular weight is 310 g/mol. The van der Waals surface area contributed by atoms with Gasteiger partial charge in [-0.15, -0.1) is 0 Å². The zero-order valence-corrected chi connectivity index (χ0v) is 12.4. The largest absolute Gasteiger partial charge is 0.495 e. The van der Waals surface area contributed by atoms with Crippen LogP contribution in [0.3, 0.4) is 0 Å². The van der Waals surface area contributed by atoms with Gasteiger partial charge in [0, 0.05) is 0 Å². The first-order valence-corrected chi connectivity index (χ1v) is 7.54. The number of anilines is 2. The van der Waals surface area contributed by atoms with Crippen LogP contribution in [0.4, 0.5) is 15.8 Å². The SMILES string of the molecule is COc1ccc(S(=O)(=O)Nc2cc(F)ccc2C)cc1N. The molecule has 0 aromatic heterocycles. The van der Waals surface area contributed by atoms with Gasteiger partial charge in [0.2, 0.25) is 0 Å². The Hall–Kier alpha value is -2.28. The van der Waals surface area contributed by atoms with E-state index in [0.29, 0.717) is 11.3 Å². The van der Waals surface area contributed by atoms with E-state index in [0.717, 1.165) is 6.07 Å². The van der Waals surface area contributed by atoms with Gasteiger partial charge in [0.15, 0.2) is 0 Å². The number of nitrogens with two attached hydrogens (primary N) is 1. The van der Waals surface area contributed by atoms with Crippen LogP contribution in [0.1, 0.15) is 5.56 Å². The van der Waals surface area contributed by atoms with Crippen molar-refractivity contribution in [3.63, 3.8) is 0 Å². The summed E-state index contributed by atoms with van der Waals surface area (Å²) in [4.78, 5) is -0.0236. The lowest BCUT2D eigenvalue weighted by atomic mass is 10.2. The molecule has 0 aliphatic carbocycles. The van der Waals surface area contributed by atoms with Crippen LogP contribution in [0.25, 0.3) is 0 Å². The third-order valence-corrected chi connectivity index (χ3v) is 4.32. The average Bonchev–Trinajstić information content (AvgIpc) is 2.42. The fraction of sp³-hybridized carbons (Fsp3) is 0.143. The Bertz CT molecular complexity index is 776. The molecular formula is C14H15FN2O3S. The first-order valence-electron chi connectivity index (χ1n) is 6.06. The number of hydrogen-bond donors (Lipinski definition) is 2. The molecule has 2 aromatic carbocycles. The summed E-state index contributed by atoms with van der Waals surface area (Å²) < 4.78 is 45.1. The minimum absolute atomic E-state index is 0.0236. The van der Waals surface area contributed by atoms with Crippen molar-refractivity contribution in [1.82, 2.24) is 0 Å². The third kappa shape index (κ3) is 3.25. The lowest BCUT2D eigenvalue weighted by Gasteiger charge is -2.12. The molecule has 2 aromatic rings. The highest BCUT2D eigenvalue weighted by Gasteiger charge is 2.17. The van der Waals surface area contributed by atoms with E-state index >= 15 is 0 Å². The van der Waals surface area contributed by atoms with E-state index in [2.05, 4.69) is 4.72 Å². The summed E-state index contributed by atoms with van der Waals surface area (Å²) in [5.74, 6) is -0.136. The first-order chi connectivity index (χ1) is 9.83. The van der Waals surface area contributed by atoms with E-state index in [1.807, 2.05) is 0 Å². The molecule has 5 nitrogen and oxygen atoms in total. The molecule has 0 bridgehead atoms. The molecule has 7 heteroatoms. The van der Waals surface area contributed by atoms with Crippen LogP contribution in [-0.4, -0.2) is 15.5 Å². The minimum Gasteiger partial charge on any atom is -0.495 e. The molecule has 21 heavy (non-hydrogen) atoms. The highest BCUT2D eigenvalue weighted by atomic mass is 32.2. The molecule has 0 aliphatic heterocycles. The zero-order valence-electron chi connectivity index (χ0n) is 11.6. The summed E-state index contributed by atoms with van der Waals surface area (Å²) >= 11 is 0. The smallest absolute Gasteiger partial charge is 0.261 e. The molecule has 112 valence electrons. The van der Waals surface area contributed by atoms with Gasteiger partial charge in [-0.2, -0.15) is 0 Å². The van der Waals surface area contributed by atoms with Gasteiger partial charge < -0.3 is 10.5 Å². The van der Waals surface area contributed by atoms with Crippen molar-refractivity contribution in [3.05, 3.63) is 47.8 Å². The Kier molecular flexibility index (Phi) is 4.04. The van der Waals surface area contributed by atoms with Crippen molar-refractivity contribution in [2.75, 3.05) is 17.6 Å². The predicted octanol–water partition coefficient (Wildman–Crippen LogP) is 2.53. The quantitative estimate of drug-likeness (QED) is 0.850. The van der Waals surface area contributed by atoms with Crippen molar-refractivity contribution in [3.8, 4) is 5.75 Å². The summed E-state index contributed by atoms with van der Waals surface area (Å²) in [5, 5.41) is 0. The topological polar surface area (TPSA) is 81.4 Å². The second kappa shape index (κ2) is 5.61. The Morgan fingerprint density at radius 3 is 2.52 bits per heavy atom. The molecule has 0 radical (unpaired) electrons. The number of benzene rings is 2. The number of aryl methyl sites for hydroxylation is 1. The number of nitrogens with one attached hydrogen (secondary N) is 1. The molecule has 0 amide bonds. The first kappa shape index (κ1) is 15.1. The van der Waals surface area contributed by atoms with Crippen molar-refractivity contribution in [1.29, 1.82) is 0 Å². The predicted molar refractivity (Wildman–Crippen MR) is 79.4 cm³/mol. The van der Waals surface area contributed by atoms with Gasteiger partial charge in [-0.05, 0) is 42.8 Å². The fourth-order valence-electron chi connectivity index (χ4n) is 1.79. The van der Waals surface area contributed by atoms with E-state index in [1.165, 1.54) is 37.4 Å². The number of methoxy groups -OCH3 is 1. The second-order valence-corrected chi connectivity index (χ2v) is 6.15. The van der Waals surface area contributed by atoms with E-state index in [-0.39, 0.29) is 16.3 Å². The molecule has 0 heterocycles. The maximum Gasteiger partial charge on any atom is 0.261 e. The van der Waals surface area contributed by atoms with Crippen LogP contribution in [0, 0.1) is 12.7 Å². The minimum atomic E-state index is -3.85. The molecule has 0 fully saturated rings. The number of hydrogen-bond acceptors (Lipinski definition) is 4. The van der Waals surface area contributed by atoms with Crippen molar-refractivity contribution >= 4 is 21.4 Å². The molecular weight excluding hydrogens is 295 g/mol. The van der Waals surface area contributed by atoms with Crippen molar-refractivity contribution in [2.45, 2.75) is 11.8 Å². The Balaban J connectivity index is 2.38. The highest BCUT2D eigenvalue weighted by Crippen LogP contribution is 2.26. The third-order valence-electron chi connectivity index (χ3n) is 2.96. The van der Waals surface area contributed by atoms with Gasteiger partial charge in [0.05, 0.1) is 23.4 Å². The number of halogens is 1. The van der Waals surface area contributed by atoms with E-state index < -0.39 is 15.8 Å². The Labute approximate surface area is 122 Å². The van der Waals surface area contributed by atoms with Gasteiger partial charge in [-0.3, -0.25) is 4.72 Å². The maximum absolute atomic E-state index is 13.2. The number of sulfonamides is 1. The summed E-state index contributed by atoms with van der Waals surface area (Å²) in [6, 6.07) is 8.00. The normalized spacial score (nSPS) is 11.2. The zero-order chi connectivity index (χ0) is 15.6.